The van der Waals surface area contributed by atoms with Crippen LogP contribution in [0, 0.1) is 0 Å². The highest BCUT2D eigenvalue weighted by molar-refractivity contribution is 5.86. The Kier molecular flexibility index (Phi) is 106. The van der Waals surface area contributed by atoms with Gasteiger partial charge in [-0.1, -0.05) is 0 Å². The van der Waals surface area contributed by atoms with Crippen molar-refractivity contribution >= 4 is 61.9 Å². The maximum atomic E-state index is 8.56. The molecule has 0 aliphatic rings. The van der Waals surface area contributed by atoms with Crippen molar-refractivity contribution in [3.8, 4) is 0 Å². The summed E-state index contributed by atoms with van der Waals surface area (Å²) in [6, 6.07) is 0. The molecular weight excluding hydrogens is 262 g/mol. The van der Waals surface area contributed by atoms with Crippen LogP contribution in [0.25, 0.3) is 0 Å². The highest BCUT2D eigenvalue weighted by atomic mass is 35.5. The van der Waals surface area contributed by atoms with E-state index in [0.29, 0.717) is 0 Å². The van der Waals surface area contributed by atoms with Gasteiger partial charge in [-0.2, -0.15) is 0 Å². The molecular formula is C2H8Cl4O6. The second-order valence-corrected chi connectivity index (χ2v) is 0.565. The van der Waals surface area contributed by atoms with E-state index in [9.17, 15) is 0 Å². The van der Waals surface area contributed by atoms with E-state index < -0.39 is 12.3 Å². The van der Waals surface area contributed by atoms with E-state index in [1.165, 1.54) is 0 Å². The molecule has 0 rings (SSSR count). The summed E-state index contributed by atoms with van der Waals surface area (Å²) >= 11 is 0. The van der Waals surface area contributed by atoms with Crippen LogP contribution in [-0.2, 0) is 0 Å². The van der Waals surface area contributed by atoms with Gasteiger partial charge in [-0.15, -0.1) is 49.6 Å². The molecule has 0 bridgehead atoms. The van der Waals surface area contributed by atoms with Gasteiger partial charge in [-0.25, -0.2) is 9.59 Å². The van der Waals surface area contributed by atoms with Crippen LogP contribution in [0.15, 0.2) is 0 Å². The third kappa shape index (κ3) is 8160. The molecule has 0 unspecified atom stereocenters. The molecule has 0 saturated carbocycles. The van der Waals surface area contributed by atoms with Gasteiger partial charge in [0.1, 0.15) is 0 Å². The summed E-state index contributed by atoms with van der Waals surface area (Å²) in [5.74, 6) is 0. The highest BCUT2D eigenvalue weighted by Gasteiger charge is 1.70. The van der Waals surface area contributed by atoms with Crippen molar-refractivity contribution in [3.63, 3.8) is 0 Å². The molecule has 0 radical (unpaired) electrons. The molecule has 0 atom stereocenters. The Labute approximate surface area is 92.2 Å². The molecule has 10 heteroatoms. The Bertz CT molecular complexity index is 75.5. The number of carboxylic acid groups (broad SMARTS) is 4. The second kappa shape index (κ2) is 31.0. The normalized spacial score (nSPS) is 4.00. The lowest BCUT2D eigenvalue weighted by atomic mass is 11.5. The average Bonchev–Trinajstić information content (AvgIpc) is 1.25. The summed E-state index contributed by atoms with van der Waals surface area (Å²) in [5.41, 5.74) is 0. The summed E-state index contributed by atoms with van der Waals surface area (Å²) < 4.78 is 0. The van der Waals surface area contributed by atoms with Gasteiger partial charge < -0.3 is 20.4 Å². The molecule has 0 saturated heterocycles. The Morgan fingerprint density at radius 2 is 0.583 bits per heavy atom. The van der Waals surface area contributed by atoms with Crippen molar-refractivity contribution in [1.82, 2.24) is 0 Å². The van der Waals surface area contributed by atoms with Gasteiger partial charge in [0, 0.05) is 0 Å². The minimum Gasteiger partial charge on any atom is -0.450 e. The van der Waals surface area contributed by atoms with Crippen LogP contribution in [0.3, 0.4) is 0 Å². The van der Waals surface area contributed by atoms with Gasteiger partial charge in [-0.05, 0) is 0 Å². The summed E-state index contributed by atoms with van der Waals surface area (Å²) in [6.45, 7) is 0. The lowest BCUT2D eigenvalue weighted by Crippen LogP contribution is -1.81. The summed E-state index contributed by atoms with van der Waals surface area (Å²) in [6.07, 6.45) is -3.67. The monoisotopic (exact) mass is 268 g/mol. The third-order valence-corrected chi connectivity index (χ3v) is 0. The van der Waals surface area contributed by atoms with Crippen molar-refractivity contribution in [2.24, 2.45) is 0 Å². The third-order valence-electron chi connectivity index (χ3n) is 0. The van der Waals surface area contributed by atoms with Crippen molar-refractivity contribution in [2.75, 3.05) is 0 Å². The van der Waals surface area contributed by atoms with E-state index in [2.05, 4.69) is 0 Å². The Morgan fingerprint density at radius 3 is 0.583 bits per heavy atom. The fourth-order valence-electron chi connectivity index (χ4n) is 0. The number of rotatable bonds is 0. The van der Waals surface area contributed by atoms with Gasteiger partial charge in [0.2, 0.25) is 0 Å². The van der Waals surface area contributed by atoms with Crippen LogP contribution in [0.4, 0.5) is 9.59 Å². The average molecular weight is 270 g/mol. The van der Waals surface area contributed by atoms with Crippen LogP contribution in [0.2, 0.25) is 0 Å². The van der Waals surface area contributed by atoms with Crippen LogP contribution in [0.1, 0.15) is 0 Å². The number of halogens is 4. The zero-order valence-corrected chi connectivity index (χ0v) is 8.50. The van der Waals surface area contributed by atoms with E-state index in [1.807, 2.05) is 0 Å². The molecule has 0 spiro atoms. The molecule has 0 aliphatic heterocycles. The topological polar surface area (TPSA) is 115 Å². The molecule has 0 aromatic carbocycles. The molecule has 0 aliphatic carbocycles. The highest BCUT2D eigenvalue weighted by Crippen LogP contribution is 1.43. The van der Waals surface area contributed by atoms with Gasteiger partial charge in [0.25, 0.3) is 0 Å². The SMILES string of the molecule is Cl.Cl.Cl.Cl.O=C(O)O.O=C(O)O. The zero-order chi connectivity index (χ0) is 7.15. The Hall–Kier alpha value is -0.300. The zero-order valence-electron chi connectivity index (χ0n) is 5.24. The first-order chi connectivity index (χ1) is 3.46. The minimum atomic E-state index is -1.83. The molecule has 0 aromatic rings. The van der Waals surface area contributed by atoms with Crippen molar-refractivity contribution < 1.29 is 30.0 Å². The minimum absolute atomic E-state index is 0. The van der Waals surface area contributed by atoms with Gasteiger partial charge in [0.05, 0.1) is 0 Å². The lowest BCUT2D eigenvalue weighted by molar-refractivity contribution is 0.135. The standard InChI is InChI=1S/2CH2O3.4ClH/c2*2-1(3)4;;;;/h2*(H2,2,3,4);4*1H. The maximum absolute atomic E-state index is 8.56. The molecule has 0 fully saturated rings. The van der Waals surface area contributed by atoms with E-state index in [1.54, 1.807) is 0 Å². The Morgan fingerprint density at radius 1 is 0.583 bits per heavy atom. The first-order valence-electron chi connectivity index (χ1n) is 1.30. The lowest BCUT2D eigenvalue weighted by Gasteiger charge is -1.60. The first kappa shape index (κ1) is 41.2. The van der Waals surface area contributed by atoms with Crippen molar-refractivity contribution in [2.45, 2.75) is 0 Å². The van der Waals surface area contributed by atoms with E-state index in [-0.39, 0.29) is 49.6 Å². The van der Waals surface area contributed by atoms with E-state index >= 15 is 0 Å². The molecule has 0 aromatic heterocycles. The number of carbonyl (C=O) groups is 2. The number of hydrogen-bond donors (Lipinski definition) is 4. The molecule has 4 N–H and O–H groups in total. The first-order valence-corrected chi connectivity index (χ1v) is 1.30. The Balaban J connectivity index is -0.0000000112. The predicted molar refractivity (Wildman–Crippen MR) is 50.3 cm³/mol. The predicted octanol–water partition coefficient (Wildman–Crippen LogP) is 2.13. The molecule has 0 amide bonds. The smallest absolute Gasteiger partial charge is 0.450 e. The summed E-state index contributed by atoms with van der Waals surface area (Å²) in [5, 5.41) is 27.9. The van der Waals surface area contributed by atoms with Gasteiger partial charge in [0.15, 0.2) is 0 Å². The van der Waals surface area contributed by atoms with E-state index in [0.717, 1.165) is 0 Å². The van der Waals surface area contributed by atoms with Gasteiger partial charge in [-0.3, -0.25) is 0 Å². The maximum Gasteiger partial charge on any atom is 0.503 e. The summed E-state index contributed by atoms with van der Waals surface area (Å²) in [4.78, 5) is 17.1. The van der Waals surface area contributed by atoms with Crippen LogP contribution in [-0.4, -0.2) is 32.7 Å². The fourth-order valence-corrected chi connectivity index (χ4v) is 0. The van der Waals surface area contributed by atoms with E-state index in [4.69, 9.17) is 30.0 Å². The van der Waals surface area contributed by atoms with Crippen molar-refractivity contribution in [1.29, 1.82) is 0 Å². The van der Waals surface area contributed by atoms with Gasteiger partial charge >= 0.3 is 12.3 Å². The van der Waals surface area contributed by atoms with Crippen LogP contribution in [0.5, 0.6) is 0 Å². The molecule has 0 heterocycles. The second-order valence-electron chi connectivity index (χ2n) is 0.565. The summed E-state index contributed by atoms with van der Waals surface area (Å²) in [7, 11) is 0. The largest absolute Gasteiger partial charge is 0.503 e. The molecule has 6 nitrogen and oxygen atoms in total. The van der Waals surface area contributed by atoms with Crippen molar-refractivity contribution in [3.05, 3.63) is 0 Å². The molecule has 12 heavy (non-hydrogen) atoms. The molecule has 80 valence electrons. The quantitative estimate of drug-likeness (QED) is 0.535. The number of hydrogen-bond acceptors (Lipinski definition) is 2. The fraction of sp³-hybridized carbons (Fsp3) is 0. The van der Waals surface area contributed by atoms with Crippen LogP contribution >= 0.6 is 49.6 Å². The van der Waals surface area contributed by atoms with Crippen LogP contribution < -0.4 is 0 Å².